The highest BCUT2D eigenvalue weighted by atomic mass is 16.4. The van der Waals surface area contributed by atoms with E-state index in [1.165, 1.54) is 33.7 Å². The minimum atomic E-state index is -1.12. The monoisotopic (exact) mass is 530 g/mol. The first-order chi connectivity index (χ1) is 18.8. The maximum Gasteiger partial charge on any atom is 0.303 e. The van der Waals surface area contributed by atoms with Gasteiger partial charge in [-0.3, -0.25) is 4.79 Å². The highest BCUT2D eigenvalue weighted by molar-refractivity contribution is 6.04. The third kappa shape index (κ3) is 10.0. The molecule has 6 heteroatoms. The number of hydrogen-bond donors (Lipinski definition) is 1. The van der Waals surface area contributed by atoms with Gasteiger partial charge >= 0.3 is 5.97 Å². The second-order valence-corrected chi connectivity index (χ2v) is 9.15. The molecule has 3 rings (SSSR count). The number of rotatable bonds is 12. The van der Waals surface area contributed by atoms with Crippen LogP contribution in [0.3, 0.4) is 0 Å². The molecule has 1 N–H and O–H groups in total. The molecule has 0 heterocycles. The van der Waals surface area contributed by atoms with Crippen molar-refractivity contribution in [3.8, 4) is 0 Å². The summed E-state index contributed by atoms with van der Waals surface area (Å²) in [6.45, 7) is 12.9. The SMILES string of the molecule is CCN(CC)c1ccc(C(=C2C=CC(=[N+](CC)CC)C=C2)c2ccccc2)cc1.O=C([O-])CCCCC(=O)O. The van der Waals surface area contributed by atoms with Gasteiger partial charge in [-0.1, -0.05) is 42.5 Å². The van der Waals surface area contributed by atoms with Crippen LogP contribution in [0.2, 0.25) is 0 Å². The first kappa shape index (κ1) is 31.3. The van der Waals surface area contributed by atoms with Crippen molar-refractivity contribution in [3.63, 3.8) is 0 Å². The molecule has 1 aliphatic rings. The quantitative estimate of drug-likeness (QED) is 0.296. The largest absolute Gasteiger partial charge is 0.550 e. The Morgan fingerprint density at radius 2 is 1.31 bits per heavy atom. The van der Waals surface area contributed by atoms with Gasteiger partial charge in [0.25, 0.3) is 0 Å². The van der Waals surface area contributed by atoms with Gasteiger partial charge in [0.15, 0.2) is 5.71 Å². The number of benzene rings is 2. The van der Waals surface area contributed by atoms with Gasteiger partial charge in [0.2, 0.25) is 0 Å². The van der Waals surface area contributed by atoms with Gasteiger partial charge < -0.3 is 19.9 Å². The van der Waals surface area contributed by atoms with E-state index in [2.05, 4.69) is 116 Å². The lowest BCUT2D eigenvalue weighted by Gasteiger charge is -2.22. The minimum Gasteiger partial charge on any atom is -0.550 e. The molecule has 0 radical (unpaired) electrons. The average Bonchev–Trinajstić information content (AvgIpc) is 2.95. The smallest absolute Gasteiger partial charge is 0.303 e. The molecule has 6 nitrogen and oxygen atoms in total. The zero-order chi connectivity index (χ0) is 28.6. The van der Waals surface area contributed by atoms with E-state index in [1.54, 1.807) is 0 Å². The Labute approximate surface area is 233 Å². The molecule has 0 saturated heterocycles. The van der Waals surface area contributed by atoms with E-state index < -0.39 is 11.9 Å². The summed E-state index contributed by atoms with van der Waals surface area (Å²) in [4.78, 5) is 22.0. The molecule has 2 aromatic rings. The number of nitrogens with zero attached hydrogens (tertiary/aromatic N) is 2. The van der Waals surface area contributed by atoms with Crippen LogP contribution in [0.4, 0.5) is 5.69 Å². The molecule has 0 spiro atoms. The normalized spacial score (nSPS) is 12.0. The van der Waals surface area contributed by atoms with Crippen LogP contribution in [0.25, 0.3) is 5.57 Å². The van der Waals surface area contributed by atoms with Crippen molar-refractivity contribution in [2.45, 2.75) is 53.4 Å². The van der Waals surface area contributed by atoms with Gasteiger partial charge in [-0.25, -0.2) is 4.58 Å². The highest BCUT2D eigenvalue weighted by Crippen LogP contribution is 2.31. The number of carbonyl (C=O) groups is 2. The lowest BCUT2D eigenvalue weighted by atomic mass is 9.90. The molecule has 0 unspecified atom stereocenters. The Morgan fingerprint density at radius 1 is 0.769 bits per heavy atom. The molecule has 0 fully saturated rings. The first-order valence-electron chi connectivity index (χ1n) is 13.9. The number of anilines is 1. The fourth-order valence-corrected chi connectivity index (χ4v) is 4.51. The Hall–Kier alpha value is -3.93. The summed E-state index contributed by atoms with van der Waals surface area (Å²) in [6, 6.07) is 19.7. The van der Waals surface area contributed by atoms with Crippen molar-refractivity contribution < 1.29 is 24.4 Å². The van der Waals surface area contributed by atoms with Gasteiger partial charge in [0, 0.05) is 43.3 Å². The van der Waals surface area contributed by atoms with Gasteiger partial charge in [0.1, 0.15) is 13.1 Å². The summed E-state index contributed by atoms with van der Waals surface area (Å²) in [5.41, 5.74) is 7.60. The zero-order valence-electron chi connectivity index (χ0n) is 23.7. The van der Waals surface area contributed by atoms with Crippen molar-refractivity contribution in [1.29, 1.82) is 0 Å². The maximum absolute atomic E-state index is 9.88. The van der Waals surface area contributed by atoms with Crippen LogP contribution in [0.15, 0.2) is 84.5 Å². The predicted molar refractivity (Wildman–Crippen MR) is 158 cm³/mol. The van der Waals surface area contributed by atoms with Crippen LogP contribution in [0.5, 0.6) is 0 Å². The Morgan fingerprint density at radius 3 is 1.79 bits per heavy atom. The number of aliphatic carboxylic acids is 2. The Kier molecular flexibility index (Phi) is 13.5. The van der Waals surface area contributed by atoms with Crippen LogP contribution >= 0.6 is 0 Å². The molecule has 208 valence electrons. The van der Waals surface area contributed by atoms with Crippen molar-refractivity contribution in [2.75, 3.05) is 31.1 Å². The Bertz CT molecular complexity index is 1150. The lowest BCUT2D eigenvalue weighted by molar-refractivity contribution is -0.519. The Balaban J connectivity index is 0.000000455. The van der Waals surface area contributed by atoms with Crippen molar-refractivity contribution in [2.24, 2.45) is 0 Å². The van der Waals surface area contributed by atoms with Gasteiger partial charge in [0.05, 0.1) is 0 Å². The zero-order valence-corrected chi connectivity index (χ0v) is 23.7. The number of hydrogen-bond acceptors (Lipinski definition) is 4. The van der Waals surface area contributed by atoms with Crippen LogP contribution in [-0.4, -0.2) is 53.5 Å². The topological polar surface area (TPSA) is 83.7 Å². The first-order valence-corrected chi connectivity index (χ1v) is 13.9. The van der Waals surface area contributed by atoms with Crippen LogP contribution in [-0.2, 0) is 9.59 Å². The number of carbonyl (C=O) groups excluding carboxylic acids is 1. The number of carboxylic acids is 2. The predicted octanol–water partition coefficient (Wildman–Crippen LogP) is 5.34. The lowest BCUT2D eigenvalue weighted by Crippen LogP contribution is -2.21. The molecule has 0 aromatic heterocycles. The second-order valence-electron chi connectivity index (χ2n) is 9.15. The molecule has 0 aliphatic heterocycles. The van der Waals surface area contributed by atoms with Gasteiger partial charge in [-0.15, -0.1) is 0 Å². The van der Waals surface area contributed by atoms with Crippen LogP contribution in [0, 0.1) is 0 Å². The molecular weight excluding hydrogens is 488 g/mol. The van der Waals surface area contributed by atoms with E-state index in [0.717, 1.165) is 26.2 Å². The van der Waals surface area contributed by atoms with Crippen LogP contribution < -0.4 is 10.0 Å². The summed E-state index contributed by atoms with van der Waals surface area (Å²) >= 11 is 0. The van der Waals surface area contributed by atoms with Crippen molar-refractivity contribution in [3.05, 3.63) is 95.6 Å². The number of unbranched alkanes of at least 4 members (excludes halogenated alkanes) is 1. The fraction of sp³-hybridized carbons (Fsp3) is 0.364. The average molecular weight is 531 g/mol. The summed E-state index contributed by atoms with van der Waals surface area (Å²) in [5.74, 6) is -2.01. The van der Waals surface area contributed by atoms with E-state index in [4.69, 9.17) is 5.11 Å². The molecule has 1 aliphatic carbocycles. The summed E-state index contributed by atoms with van der Waals surface area (Å²) < 4.78 is 2.38. The second kappa shape index (κ2) is 16.8. The molecule has 39 heavy (non-hydrogen) atoms. The minimum absolute atomic E-state index is 0.0350. The standard InChI is InChI=1S/C27H33N2.C6H10O4/c1-5-28(6-2)25-18-14-23(15-19-25)27(22-12-10-9-11-13-22)24-16-20-26(21-17-24)29(7-3)8-4;7-5(8)3-1-2-4-6(9)10/h9-21H,5-8H2,1-4H3;1-4H2,(H,7,8)(H,9,10)/q+1;/p-1. The van der Waals surface area contributed by atoms with E-state index in [1.807, 2.05) is 0 Å². The molecule has 2 aromatic carbocycles. The third-order valence-electron chi connectivity index (χ3n) is 6.65. The van der Waals surface area contributed by atoms with E-state index in [-0.39, 0.29) is 12.8 Å². The highest BCUT2D eigenvalue weighted by Gasteiger charge is 2.14. The maximum atomic E-state index is 9.88. The molecule has 0 atom stereocenters. The third-order valence-corrected chi connectivity index (χ3v) is 6.65. The van der Waals surface area contributed by atoms with E-state index >= 15 is 0 Å². The molecule has 0 bridgehead atoms. The van der Waals surface area contributed by atoms with Crippen LogP contribution in [0.1, 0.15) is 64.5 Å². The summed E-state index contributed by atoms with van der Waals surface area (Å²) in [5, 5.41) is 17.9. The number of allylic oxidation sites excluding steroid dienone is 5. The van der Waals surface area contributed by atoms with E-state index in [0.29, 0.717) is 12.8 Å². The van der Waals surface area contributed by atoms with Gasteiger partial charge in [-0.05, 0) is 93.5 Å². The number of carboxylic acid groups (broad SMARTS) is 2. The fourth-order valence-electron chi connectivity index (χ4n) is 4.51. The summed E-state index contributed by atoms with van der Waals surface area (Å²) in [6.07, 6.45) is 9.78. The van der Waals surface area contributed by atoms with Gasteiger partial charge in [-0.2, -0.15) is 0 Å². The van der Waals surface area contributed by atoms with Crippen molar-refractivity contribution in [1.82, 2.24) is 0 Å². The molecule has 0 amide bonds. The van der Waals surface area contributed by atoms with Crippen molar-refractivity contribution >= 4 is 28.9 Å². The molecule has 0 saturated carbocycles. The van der Waals surface area contributed by atoms with E-state index in [9.17, 15) is 14.7 Å². The summed E-state index contributed by atoms with van der Waals surface area (Å²) in [7, 11) is 0. The molecular formula is C33H42N2O4.